The molecule has 1 aromatic carbocycles. The molecule has 1 aliphatic heterocycles. The number of carbonyl (C=O) groups is 1. The molecule has 0 saturated heterocycles. The number of azide groups is 1. The van der Waals surface area contributed by atoms with Gasteiger partial charge in [0.1, 0.15) is 5.71 Å². The number of hydrogen-bond acceptors (Lipinski definition) is 5. The van der Waals surface area contributed by atoms with Gasteiger partial charge in [-0.1, -0.05) is 19.1 Å². The summed E-state index contributed by atoms with van der Waals surface area (Å²) in [5.74, 6) is -0.615. The van der Waals surface area contributed by atoms with E-state index < -0.39 is 11.6 Å². The largest absolute Gasteiger partial charge is 0.447 e. The van der Waals surface area contributed by atoms with Crippen molar-refractivity contribution in [1.82, 2.24) is 4.98 Å². The summed E-state index contributed by atoms with van der Waals surface area (Å²) in [4.78, 5) is 19.9. The lowest BCUT2D eigenvalue weighted by atomic mass is 9.99. The Labute approximate surface area is 150 Å². The third kappa shape index (κ3) is 2.76. The molecule has 1 amide bonds. The minimum Gasteiger partial charge on any atom is -0.447 e. The maximum Gasteiger partial charge on any atom is 0.308 e. The molecule has 1 aliphatic rings. The third-order valence-electron chi connectivity index (χ3n) is 4.26. The number of nitrogens with zero attached hydrogens (tertiary/aromatic N) is 4. The summed E-state index contributed by atoms with van der Waals surface area (Å²) in [6.07, 6.45) is 0.879. The molecule has 2 aromatic rings. The summed E-state index contributed by atoms with van der Waals surface area (Å²) in [6.45, 7) is 5.61. The quantitative estimate of drug-likeness (QED) is 0.496. The zero-order valence-corrected chi connectivity index (χ0v) is 14.7. The topological polar surface area (TPSA) is 124 Å². The number of fused-ring (bicyclic) bond motifs is 1. The van der Waals surface area contributed by atoms with E-state index in [1.165, 1.54) is 0 Å². The summed E-state index contributed by atoms with van der Waals surface area (Å²) < 4.78 is 5.62. The van der Waals surface area contributed by atoms with E-state index in [0.717, 1.165) is 17.5 Å². The second kappa shape index (κ2) is 6.50. The van der Waals surface area contributed by atoms with Gasteiger partial charge in [-0.3, -0.25) is 10.2 Å². The number of aromatic nitrogens is 1. The van der Waals surface area contributed by atoms with E-state index in [9.17, 15) is 4.79 Å². The molecule has 1 atom stereocenters. The fourth-order valence-corrected chi connectivity index (χ4v) is 2.92. The molecule has 0 spiro atoms. The highest BCUT2D eigenvalue weighted by molar-refractivity contribution is 6.24. The molecule has 3 rings (SSSR count). The van der Waals surface area contributed by atoms with Gasteiger partial charge in [0, 0.05) is 16.3 Å². The molecular formula is C18H18N6O2. The number of rotatable bonds is 4. The average Bonchev–Trinajstić information content (AvgIpc) is 2.89. The summed E-state index contributed by atoms with van der Waals surface area (Å²) >= 11 is 0. The van der Waals surface area contributed by atoms with E-state index in [4.69, 9.17) is 15.7 Å². The highest BCUT2D eigenvalue weighted by Crippen LogP contribution is 2.37. The number of carbonyl (C=O) groups excluding carboxylic acids is 1. The first-order valence-electron chi connectivity index (χ1n) is 8.14. The van der Waals surface area contributed by atoms with Gasteiger partial charge >= 0.3 is 5.72 Å². The second-order valence-electron chi connectivity index (χ2n) is 6.08. The monoisotopic (exact) mass is 350 g/mol. The van der Waals surface area contributed by atoms with Crippen LogP contribution in [0.25, 0.3) is 10.4 Å². The minimum absolute atomic E-state index is 0.122. The van der Waals surface area contributed by atoms with Crippen molar-refractivity contribution in [3.63, 3.8) is 0 Å². The molecule has 0 fully saturated rings. The van der Waals surface area contributed by atoms with Gasteiger partial charge in [-0.25, -0.2) is 4.98 Å². The van der Waals surface area contributed by atoms with Crippen molar-refractivity contribution < 1.29 is 9.53 Å². The Bertz CT molecular complexity index is 947. The average molecular weight is 350 g/mol. The van der Waals surface area contributed by atoms with Gasteiger partial charge in [-0.15, -0.1) is 0 Å². The number of amides is 1. The van der Waals surface area contributed by atoms with Crippen LogP contribution in [-0.2, 0) is 11.2 Å². The fraction of sp³-hybridized carbons (Fsp3) is 0.278. The number of anilines is 1. The van der Waals surface area contributed by atoms with E-state index >= 15 is 0 Å². The Kier molecular flexibility index (Phi) is 4.36. The van der Waals surface area contributed by atoms with Gasteiger partial charge in [-0.05, 0) is 60.2 Å². The molecule has 0 aliphatic carbocycles. The molecule has 0 bridgehead atoms. The van der Waals surface area contributed by atoms with Crippen LogP contribution in [0.1, 0.15) is 29.3 Å². The van der Waals surface area contributed by atoms with Crippen LogP contribution in [0.2, 0.25) is 0 Å². The van der Waals surface area contributed by atoms with Gasteiger partial charge in [0.25, 0.3) is 5.91 Å². The van der Waals surface area contributed by atoms with Crippen molar-refractivity contribution in [2.75, 3.05) is 5.32 Å². The molecule has 8 heteroatoms. The molecule has 2 heterocycles. The van der Waals surface area contributed by atoms with Crippen molar-refractivity contribution >= 4 is 17.3 Å². The zero-order chi connectivity index (χ0) is 18.9. The SMILES string of the molecule is CCc1ccc(NC(=O)C2(N=[N+]=[N-])Oc3nc(C)cc(C)c3C2=N)cc1. The maximum atomic E-state index is 12.9. The number of hydrogen-bond donors (Lipinski definition) is 2. The Hall–Kier alpha value is -3.38. The normalized spacial score (nSPS) is 17.9. The van der Waals surface area contributed by atoms with Crippen molar-refractivity contribution in [3.8, 4) is 5.88 Å². The zero-order valence-electron chi connectivity index (χ0n) is 14.7. The standard InChI is InChI=1S/C18H18N6O2/c1-4-12-5-7-13(8-6-12)22-17(25)18(23-24-20)15(19)14-10(2)9-11(3)21-16(14)26-18/h5-9,19H,4H2,1-3H3,(H,22,25). The first-order valence-corrected chi connectivity index (χ1v) is 8.14. The molecule has 8 nitrogen and oxygen atoms in total. The van der Waals surface area contributed by atoms with Crippen molar-refractivity contribution in [2.24, 2.45) is 5.11 Å². The van der Waals surface area contributed by atoms with Crippen molar-refractivity contribution in [2.45, 2.75) is 32.9 Å². The Morgan fingerprint density at radius 3 is 2.69 bits per heavy atom. The van der Waals surface area contributed by atoms with E-state index in [0.29, 0.717) is 16.9 Å². The van der Waals surface area contributed by atoms with E-state index in [2.05, 4.69) is 20.3 Å². The Balaban J connectivity index is 1.98. The number of aryl methyl sites for hydroxylation is 3. The fourth-order valence-electron chi connectivity index (χ4n) is 2.92. The third-order valence-corrected chi connectivity index (χ3v) is 4.26. The van der Waals surface area contributed by atoms with Gasteiger partial charge in [0.2, 0.25) is 5.88 Å². The van der Waals surface area contributed by atoms with Gasteiger partial charge in [0.05, 0.1) is 5.56 Å². The van der Waals surface area contributed by atoms with Gasteiger partial charge in [0.15, 0.2) is 0 Å². The molecule has 2 N–H and O–H groups in total. The summed E-state index contributed by atoms with van der Waals surface area (Å²) in [5.41, 5.74) is 10.1. The molecule has 1 unspecified atom stereocenters. The molecular weight excluding hydrogens is 332 g/mol. The predicted octanol–water partition coefficient (Wildman–Crippen LogP) is 3.67. The Morgan fingerprint density at radius 2 is 2.08 bits per heavy atom. The molecule has 0 saturated carbocycles. The number of pyridine rings is 1. The van der Waals surface area contributed by atoms with Crippen LogP contribution in [0.5, 0.6) is 5.88 Å². The lowest BCUT2D eigenvalue weighted by molar-refractivity contribution is -0.125. The smallest absolute Gasteiger partial charge is 0.308 e. The first kappa shape index (κ1) is 17.4. The van der Waals surface area contributed by atoms with E-state index in [1.54, 1.807) is 32.0 Å². The summed E-state index contributed by atoms with van der Waals surface area (Å²) in [5, 5.41) is 14.6. The maximum absolute atomic E-state index is 12.9. The van der Waals surface area contributed by atoms with Gasteiger partial charge < -0.3 is 10.1 Å². The minimum atomic E-state index is -2.12. The number of ether oxygens (including phenoxy) is 1. The van der Waals surface area contributed by atoms with Crippen LogP contribution in [0, 0.1) is 19.3 Å². The van der Waals surface area contributed by atoms with Crippen LogP contribution in [0.4, 0.5) is 5.69 Å². The molecule has 132 valence electrons. The van der Waals surface area contributed by atoms with Crippen molar-refractivity contribution in [3.05, 3.63) is 63.2 Å². The van der Waals surface area contributed by atoms with Crippen LogP contribution < -0.4 is 10.1 Å². The molecule has 26 heavy (non-hydrogen) atoms. The lowest BCUT2D eigenvalue weighted by Gasteiger charge is -2.21. The predicted molar refractivity (Wildman–Crippen MR) is 97.5 cm³/mol. The Morgan fingerprint density at radius 1 is 1.38 bits per heavy atom. The first-order chi connectivity index (χ1) is 12.4. The van der Waals surface area contributed by atoms with Crippen molar-refractivity contribution in [1.29, 1.82) is 5.41 Å². The molecule has 0 radical (unpaired) electrons. The summed E-state index contributed by atoms with van der Waals surface area (Å²) in [7, 11) is 0. The van der Waals surface area contributed by atoms with E-state index in [1.807, 2.05) is 19.1 Å². The van der Waals surface area contributed by atoms with E-state index in [-0.39, 0.29) is 11.6 Å². The van der Waals surface area contributed by atoms with Gasteiger partial charge in [-0.2, -0.15) is 0 Å². The lowest BCUT2D eigenvalue weighted by Crippen LogP contribution is -2.49. The number of benzene rings is 1. The summed E-state index contributed by atoms with van der Waals surface area (Å²) in [6, 6.07) is 9.06. The highest BCUT2D eigenvalue weighted by atomic mass is 16.5. The second-order valence-corrected chi connectivity index (χ2v) is 6.08. The van der Waals surface area contributed by atoms with Crippen LogP contribution in [-0.4, -0.2) is 22.3 Å². The number of nitrogens with one attached hydrogen (secondary N) is 2. The van der Waals surface area contributed by atoms with Crippen LogP contribution in [0.3, 0.4) is 0 Å². The molecule has 1 aromatic heterocycles. The van der Waals surface area contributed by atoms with Crippen LogP contribution >= 0.6 is 0 Å². The van der Waals surface area contributed by atoms with Crippen LogP contribution in [0.15, 0.2) is 35.4 Å². The highest BCUT2D eigenvalue weighted by Gasteiger charge is 2.52.